The van der Waals surface area contributed by atoms with Crippen LogP contribution < -0.4 is 5.32 Å². The average Bonchev–Trinajstić information content (AvgIpc) is 3.07. The highest BCUT2D eigenvalue weighted by Crippen LogP contribution is 2.19. The van der Waals surface area contributed by atoms with Crippen LogP contribution in [0.4, 0.5) is 0 Å². The molecule has 0 aromatic carbocycles. The average molecular weight is 464 g/mol. The summed E-state index contributed by atoms with van der Waals surface area (Å²) in [5, 5.41) is 7.37. The van der Waals surface area contributed by atoms with E-state index in [9.17, 15) is 4.79 Å². The molecule has 1 aromatic heterocycles. The van der Waals surface area contributed by atoms with Crippen molar-refractivity contribution in [2.45, 2.75) is 46.1 Å². The molecule has 1 aliphatic heterocycles. The predicted octanol–water partition coefficient (Wildman–Crippen LogP) is 2.77. The molecule has 2 heterocycles. The lowest BCUT2D eigenvalue weighted by atomic mass is 9.97. The number of esters is 1. The standard InChI is InChI=1S/C17H28N4O3.HI/c1-5-18-17(19-11-14-10-15(12(2)3)20-24-14)21-8-6-13(7-9-21)16(22)23-4;/h10,12-13H,5-9,11H2,1-4H3,(H,18,19);1H. The highest BCUT2D eigenvalue weighted by atomic mass is 127. The Morgan fingerprint density at radius 3 is 2.68 bits per heavy atom. The molecule has 0 amide bonds. The number of guanidine groups is 1. The third-order valence-corrected chi connectivity index (χ3v) is 4.22. The number of rotatable bonds is 5. The molecule has 0 atom stereocenters. The Morgan fingerprint density at radius 1 is 1.48 bits per heavy atom. The van der Waals surface area contributed by atoms with Crippen molar-refractivity contribution < 1.29 is 14.1 Å². The number of aromatic nitrogens is 1. The smallest absolute Gasteiger partial charge is 0.308 e. The number of piperidine rings is 1. The van der Waals surface area contributed by atoms with E-state index < -0.39 is 0 Å². The maximum Gasteiger partial charge on any atom is 0.308 e. The van der Waals surface area contributed by atoms with E-state index in [4.69, 9.17) is 9.26 Å². The van der Waals surface area contributed by atoms with Gasteiger partial charge in [-0.2, -0.15) is 0 Å². The van der Waals surface area contributed by atoms with Crippen molar-refractivity contribution in [1.82, 2.24) is 15.4 Å². The van der Waals surface area contributed by atoms with Crippen molar-refractivity contribution in [1.29, 1.82) is 0 Å². The first-order valence-corrected chi connectivity index (χ1v) is 8.61. The molecule has 1 aliphatic rings. The number of nitrogens with one attached hydrogen (secondary N) is 1. The summed E-state index contributed by atoms with van der Waals surface area (Å²) in [7, 11) is 1.45. The second-order valence-electron chi connectivity index (χ2n) is 6.33. The topological polar surface area (TPSA) is 80.0 Å². The molecular formula is C17H29IN4O3. The van der Waals surface area contributed by atoms with Gasteiger partial charge in [-0.25, -0.2) is 4.99 Å². The zero-order chi connectivity index (χ0) is 17.5. The lowest BCUT2D eigenvalue weighted by Crippen LogP contribution is -2.46. The summed E-state index contributed by atoms with van der Waals surface area (Å²) in [6, 6.07) is 1.96. The molecule has 7 nitrogen and oxygen atoms in total. The van der Waals surface area contributed by atoms with Crippen LogP contribution in [0.15, 0.2) is 15.6 Å². The van der Waals surface area contributed by atoms with Crippen LogP contribution in [-0.4, -0.2) is 48.7 Å². The fourth-order valence-electron chi connectivity index (χ4n) is 2.75. The van der Waals surface area contributed by atoms with Gasteiger partial charge in [-0.3, -0.25) is 4.79 Å². The van der Waals surface area contributed by atoms with E-state index in [1.54, 1.807) is 0 Å². The molecule has 1 fully saturated rings. The van der Waals surface area contributed by atoms with Crippen LogP contribution in [0.1, 0.15) is 51.0 Å². The van der Waals surface area contributed by atoms with Gasteiger partial charge in [0.1, 0.15) is 6.54 Å². The molecule has 142 valence electrons. The Morgan fingerprint density at radius 2 is 2.16 bits per heavy atom. The fraction of sp³-hybridized carbons (Fsp3) is 0.706. The first-order valence-electron chi connectivity index (χ1n) is 8.61. The quantitative estimate of drug-likeness (QED) is 0.313. The largest absolute Gasteiger partial charge is 0.469 e. The summed E-state index contributed by atoms with van der Waals surface area (Å²) in [5.74, 6) is 1.84. The van der Waals surface area contributed by atoms with E-state index in [-0.39, 0.29) is 35.9 Å². The summed E-state index contributed by atoms with van der Waals surface area (Å²) in [6.45, 7) is 9.05. The molecule has 0 radical (unpaired) electrons. The molecule has 0 spiro atoms. The summed E-state index contributed by atoms with van der Waals surface area (Å²) < 4.78 is 10.2. The van der Waals surface area contributed by atoms with Gasteiger partial charge in [0.2, 0.25) is 0 Å². The van der Waals surface area contributed by atoms with Crippen molar-refractivity contribution in [3.63, 3.8) is 0 Å². The molecular weight excluding hydrogens is 435 g/mol. The number of carbonyl (C=O) groups is 1. The van der Waals surface area contributed by atoms with Crippen LogP contribution in [0.3, 0.4) is 0 Å². The molecule has 1 saturated heterocycles. The molecule has 0 saturated carbocycles. The third-order valence-electron chi connectivity index (χ3n) is 4.22. The SMILES string of the molecule is CCNC(=NCc1cc(C(C)C)no1)N1CCC(C(=O)OC)CC1.I. The number of hydrogen-bond acceptors (Lipinski definition) is 5. The Balaban J connectivity index is 0.00000312. The maximum atomic E-state index is 11.6. The van der Waals surface area contributed by atoms with Crippen molar-refractivity contribution in [3.8, 4) is 0 Å². The van der Waals surface area contributed by atoms with Crippen molar-refractivity contribution in [2.24, 2.45) is 10.9 Å². The molecule has 1 N–H and O–H groups in total. The van der Waals surface area contributed by atoms with Gasteiger partial charge in [-0.15, -0.1) is 24.0 Å². The van der Waals surface area contributed by atoms with Crippen LogP contribution in [-0.2, 0) is 16.1 Å². The van der Waals surface area contributed by atoms with Crippen molar-refractivity contribution in [3.05, 3.63) is 17.5 Å². The molecule has 1 aromatic rings. The van der Waals surface area contributed by atoms with E-state index in [2.05, 4.69) is 34.2 Å². The Kier molecular flexibility index (Phi) is 9.23. The van der Waals surface area contributed by atoms with E-state index in [1.165, 1.54) is 7.11 Å². The van der Waals surface area contributed by atoms with Gasteiger partial charge in [-0.1, -0.05) is 19.0 Å². The number of nitrogens with zero attached hydrogens (tertiary/aromatic N) is 3. The Bertz CT molecular complexity index is 566. The van der Waals surface area contributed by atoms with Gasteiger partial charge in [0, 0.05) is 25.7 Å². The highest BCUT2D eigenvalue weighted by molar-refractivity contribution is 14.0. The highest BCUT2D eigenvalue weighted by Gasteiger charge is 2.27. The Hall–Kier alpha value is -1.32. The zero-order valence-corrected chi connectivity index (χ0v) is 17.8. The van der Waals surface area contributed by atoms with Crippen LogP contribution in [0.5, 0.6) is 0 Å². The van der Waals surface area contributed by atoms with Gasteiger partial charge in [-0.05, 0) is 25.7 Å². The molecule has 2 rings (SSSR count). The van der Waals surface area contributed by atoms with E-state index in [0.29, 0.717) is 12.5 Å². The fourth-order valence-corrected chi connectivity index (χ4v) is 2.75. The molecule has 0 aliphatic carbocycles. The summed E-state index contributed by atoms with van der Waals surface area (Å²) in [4.78, 5) is 18.5. The minimum Gasteiger partial charge on any atom is -0.469 e. The number of halogens is 1. The van der Waals surface area contributed by atoms with Crippen LogP contribution in [0.2, 0.25) is 0 Å². The number of hydrogen-bond donors (Lipinski definition) is 1. The molecule has 25 heavy (non-hydrogen) atoms. The predicted molar refractivity (Wildman–Crippen MR) is 107 cm³/mol. The molecule has 0 bridgehead atoms. The number of aliphatic imine (C=N–C) groups is 1. The van der Waals surface area contributed by atoms with Crippen molar-refractivity contribution >= 4 is 35.9 Å². The minimum atomic E-state index is -0.112. The monoisotopic (exact) mass is 464 g/mol. The number of likely N-dealkylation sites (tertiary alicyclic amines) is 1. The van der Waals surface area contributed by atoms with Crippen LogP contribution in [0, 0.1) is 5.92 Å². The second kappa shape index (κ2) is 10.6. The number of methoxy groups -OCH3 is 1. The maximum absolute atomic E-state index is 11.6. The lowest BCUT2D eigenvalue weighted by Gasteiger charge is -2.33. The molecule has 8 heteroatoms. The van der Waals surface area contributed by atoms with Crippen LogP contribution in [0.25, 0.3) is 0 Å². The summed E-state index contributed by atoms with van der Waals surface area (Å²) >= 11 is 0. The van der Waals surface area contributed by atoms with Gasteiger partial charge in [0.25, 0.3) is 0 Å². The molecule has 0 unspecified atom stereocenters. The van der Waals surface area contributed by atoms with E-state index >= 15 is 0 Å². The van der Waals surface area contributed by atoms with Crippen LogP contribution >= 0.6 is 24.0 Å². The summed E-state index contributed by atoms with van der Waals surface area (Å²) in [6.07, 6.45) is 1.58. The normalized spacial score (nSPS) is 15.9. The lowest BCUT2D eigenvalue weighted by molar-refractivity contribution is -0.146. The Labute approximate surface area is 166 Å². The number of carbonyl (C=O) groups excluding carboxylic acids is 1. The zero-order valence-electron chi connectivity index (χ0n) is 15.4. The van der Waals surface area contributed by atoms with Gasteiger partial charge in [0.15, 0.2) is 11.7 Å². The van der Waals surface area contributed by atoms with E-state index in [0.717, 1.165) is 49.9 Å². The minimum absolute atomic E-state index is 0. The second-order valence-corrected chi connectivity index (χ2v) is 6.33. The van der Waals surface area contributed by atoms with Gasteiger partial charge < -0.3 is 19.5 Å². The van der Waals surface area contributed by atoms with Crippen molar-refractivity contribution in [2.75, 3.05) is 26.7 Å². The van der Waals surface area contributed by atoms with Gasteiger partial charge >= 0.3 is 5.97 Å². The van der Waals surface area contributed by atoms with E-state index in [1.807, 2.05) is 13.0 Å². The summed E-state index contributed by atoms with van der Waals surface area (Å²) in [5.41, 5.74) is 0.948. The van der Waals surface area contributed by atoms with Gasteiger partial charge in [0.05, 0.1) is 18.7 Å². The first-order chi connectivity index (χ1) is 11.5. The third kappa shape index (κ3) is 6.16. The number of ether oxygens (including phenoxy) is 1. The first kappa shape index (κ1) is 21.7.